The molecule has 7 heteroatoms. The maximum atomic E-state index is 12.2. The molecule has 1 aliphatic rings. The van der Waals surface area contributed by atoms with Crippen molar-refractivity contribution < 1.29 is 14.3 Å². The first-order valence-corrected chi connectivity index (χ1v) is 8.18. The van der Waals surface area contributed by atoms with Gasteiger partial charge in [0.05, 0.1) is 36.8 Å². The molecule has 2 N–H and O–H groups in total. The first kappa shape index (κ1) is 16.3. The largest absolute Gasteiger partial charge is 0.492 e. The van der Waals surface area contributed by atoms with Gasteiger partial charge in [0, 0.05) is 12.8 Å². The van der Waals surface area contributed by atoms with Gasteiger partial charge in [0.2, 0.25) is 0 Å². The molecule has 2 heterocycles. The molecule has 0 aliphatic carbocycles. The highest BCUT2D eigenvalue weighted by atomic mass is 16.5. The Balaban J connectivity index is 1.56. The van der Waals surface area contributed by atoms with Crippen LogP contribution in [0.1, 0.15) is 19.8 Å². The second kappa shape index (κ2) is 7.83. The number of para-hydroxylation sites is 2. The third-order valence-corrected chi connectivity index (χ3v) is 3.74. The molecule has 128 valence electrons. The molecule has 1 unspecified atom stereocenters. The van der Waals surface area contributed by atoms with Crippen molar-refractivity contribution >= 4 is 17.4 Å². The van der Waals surface area contributed by atoms with Crippen LogP contribution < -0.4 is 15.4 Å². The predicted molar refractivity (Wildman–Crippen MR) is 91.5 cm³/mol. The predicted octanol–water partition coefficient (Wildman–Crippen LogP) is 3.10. The van der Waals surface area contributed by atoms with E-state index in [1.807, 2.05) is 25.1 Å². The lowest BCUT2D eigenvalue weighted by molar-refractivity contribution is 0.0940. The van der Waals surface area contributed by atoms with Gasteiger partial charge in [0.25, 0.3) is 0 Å². The van der Waals surface area contributed by atoms with Gasteiger partial charge >= 0.3 is 6.03 Å². The topological polar surface area (TPSA) is 77.4 Å². The van der Waals surface area contributed by atoms with E-state index < -0.39 is 0 Å². The molecule has 1 aliphatic heterocycles. The van der Waals surface area contributed by atoms with E-state index in [2.05, 4.69) is 15.7 Å². The fourth-order valence-electron chi connectivity index (χ4n) is 2.66. The Kier molecular flexibility index (Phi) is 5.32. The molecule has 1 aromatic carbocycles. The molecular formula is C17H22N4O3. The smallest absolute Gasteiger partial charge is 0.323 e. The van der Waals surface area contributed by atoms with Crippen molar-refractivity contribution in [3.8, 4) is 5.75 Å². The van der Waals surface area contributed by atoms with Gasteiger partial charge in [-0.15, -0.1) is 0 Å². The van der Waals surface area contributed by atoms with Crippen molar-refractivity contribution in [3.05, 3.63) is 36.7 Å². The lowest BCUT2D eigenvalue weighted by Gasteiger charge is -2.11. The molecule has 1 saturated heterocycles. The highest BCUT2D eigenvalue weighted by molar-refractivity contribution is 6.00. The minimum Gasteiger partial charge on any atom is -0.492 e. The number of hydrogen-bond acceptors (Lipinski definition) is 4. The number of amides is 2. The van der Waals surface area contributed by atoms with Crippen LogP contribution in [0.15, 0.2) is 36.7 Å². The summed E-state index contributed by atoms with van der Waals surface area (Å²) >= 11 is 0. The zero-order chi connectivity index (χ0) is 16.8. The molecule has 3 rings (SSSR count). The monoisotopic (exact) mass is 330 g/mol. The molecule has 2 aromatic rings. The minimum atomic E-state index is -0.334. The van der Waals surface area contributed by atoms with Crippen LogP contribution in [0.4, 0.5) is 16.2 Å². The first-order chi connectivity index (χ1) is 11.7. The van der Waals surface area contributed by atoms with Crippen molar-refractivity contribution in [2.24, 2.45) is 0 Å². The van der Waals surface area contributed by atoms with Gasteiger partial charge in [0.15, 0.2) is 0 Å². The van der Waals surface area contributed by atoms with Gasteiger partial charge < -0.3 is 20.1 Å². The maximum Gasteiger partial charge on any atom is 0.323 e. The normalized spacial score (nSPS) is 16.8. The van der Waals surface area contributed by atoms with Crippen LogP contribution >= 0.6 is 0 Å². The van der Waals surface area contributed by atoms with E-state index in [-0.39, 0.29) is 12.1 Å². The minimum absolute atomic E-state index is 0.213. The Hall–Kier alpha value is -2.54. The highest BCUT2D eigenvalue weighted by Crippen LogP contribution is 2.23. The molecule has 24 heavy (non-hydrogen) atoms. The SMILES string of the molecule is CCOc1ccccc1NC(=O)Nc1cnn(CC2CCCO2)c1. The molecule has 0 bridgehead atoms. The van der Waals surface area contributed by atoms with Crippen LogP contribution in [0.3, 0.4) is 0 Å². The Morgan fingerprint density at radius 3 is 3.08 bits per heavy atom. The third kappa shape index (κ3) is 4.26. The zero-order valence-corrected chi connectivity index (χ0v) is 13.7. The first-order valence-electron chi connectivity index (χ1n) is 8.18. The average Bonchev–Trinajstić information content (AvgIpc) is 3.22. The standard InChI is InChI=1S/C17H22N4O3/c1-2-23-16-8-4-3-7-15(16)20-17(22)19-13-10-18-21(11-13)12-14-6-5-9-24-14/h3-4,7-8,10-11,14H,2,5-6,9,12H2,1H3,(H2,19,20,22). The van der Waals surface area contributed by atoms with Crippen LogP contribution in [-0.4, -0.2) is 35.1 Å². The van der Waals surface area contributed by atoms with Gasteiger partial charge in [-0.25, -0.2) is 4.79 Å². The molecular weight excluding hydrogens is 308 g/mol. The summed E-state index contributed by atoms with van der Waals surface area (Å²) in [6, 6.07) is 6.99. The number of nitrogens with one attached hydrogen (secondary N) is 2. The van der Waals surface area contributed by atoms with Crippen molar-refractivity contribution in [1.82, 2.24) is 9.78 Å². The number of benzene rings is 1. The Labute approximate surface area is 140 Å². The summed E-state index contributed by atoms with van der Waals surface area (Å²) in [6.45, 7) is 3.96. The number of hydrogen-bond donors (Lipinski definition) is 2. The summed E-state index contributed by atoms with van der Waals surface area (Å²) in [5.74, 6) is 0.643. The Bertz CT molecular complexity index is 680. The maximum absolute atomic E-state index is 12.2. The number of ether oxygens (including phenoxy) is 2. The van der Waals surface area contributed by atoms with E-state index in [0.717, 1.165) is 19.4 Å². The highest BCUT2D eigenvalue weighted by Gasteiger charge is 2.16. The second-order valence-electron chi connectivity index (χ2n) is 5.59. The van der Waals surface area contributed by atoms with E-state index in [1.165, 1.54) is 0 Å². The average molecular weight is 330 g/mol. The van der Waals surface area contributed by atoms with Gasteiger partial charge in [-0.05, 0) is 31.9 Å². The summed E-state index contributed by atoms with van der Waals surface area (Å²) in [6.07, 6.45) is 5.79. The van der Waals surface area contributed by atoms with Crippen molar-refractivity contribution in [2.45, 2.75) is 32.4 Å². The zero-order valence-electron chi connectivity index (χ0n) is 13.7. The van der Waals surface area contributed by atoms with Crippen LogP contribution in [0.5, 0.6) is 5.75 Å². The van der Waals surface area contributed by atoms with Gasteiger partial charge in [-0.1, -0.05) is 12.1 Å². The molecule has 1 atom stereocenters. The van der Waals surface area contributed by atoms with Crippen LogP contribution in [0.25, 0.3) is 0 Å². The van der Waals surface area contributed by atoms with Crippen LogP contribution in [-0.2, 0) is 11.3 Å². The number of rotatable bonds is 6. The van der Waals surface area contributed by atoms with Crippen LogP contribution in [0, 0.1) is 0 Å². The number of carbonyl (C=O) groups is 1. The van der Waals surface area contributed by atoms with E-state index >= 15 is 0 Å². The van der Waals surface area contributed by atoms with Gasteiger partial charge in [0.1, 0.15) is 5.75 Å². The third-order valence-electron chi connectivity index (χ3n) is 3.74. The summed E-state index contributed by atoms with van der Waals surface area (Å²) in [7, 11) is 0. The quantitative estimate of drug-likeness (QED) is 0.853. The summed E-state index contributed by atoms with van der Waals surface area (Å²) in [5, 5.41) is 9.82. The molecule has 0 spiro atoms. The van der Waals surface area contributed by atoms with E-state index in [9.17, 15) is 4.79 Å². The van der Waals surface area contributed by atoms with E-state index in [1.54, 1.807) is 23.1 Å². The van der Waals surface area contributed by atoms with Crippen molar-refractivity contribution in [2.75, 3.05) is 23.8 Å². The van der Waals surface area contributed by atoms with Gasteiger partial charge in [-0.2, -0.15) is 5.10 Å². The number of aromatic nitrogens is 2. The summed E-state index contributed by atoms with van der Waals surface area (Å²) in [5.41, 5.74) is 1.27. The van der Waals surface area contributed by atoms with Crippen molar-refractivity contribution in [3.63, 3.8) is 0 Å². The molecule has 0 saturated carbocycles. The lowest BCUT2D eigenvalue weighted by atomic mass is 10.2. The Morgan fingerprint density at radius 1 is 1.42 bits per heavy atom. The lowest BCUT2D eigenvalue weighted by Crippen LogP contribution is -2.19. The molecule has 1 aromatic heterocycles. The Morgan fingerprint density at radius 2 is 2.29 bits per heavy atom. The molecule has 2 amide bonds. The van der Waals surface area contributed by atoms with Crippen molar-refractivity contribution in [1.29, 1.82) is 0 Å². The number of anilines is 2. The van der Waals surface area contributed by atoms with E-state index in [4.69, 9.17) is 9.47 Å². The molecule has 7 nitrogen and oxygen atoms in total. The second-order valence-corrected chi connectivity index (χ2v) is 5.59. The van der Waals surface area contributed by atoms with E-state index in [0.29, 0.717) is 30.3 Å². The number of nitrogens with zero attached hydrogens (tertiary/aromatic N) is 2. The fraction of sp³-hybridized carbons (Fsp3) is 0.412. The number of urea groups is 1. The fourth-order valence-corrected chi connectivity index (χ4v) is 2.66. The summed E-state index contributed by atoms with van der Waals surface area (Å²) in [4.78, 5) is 12.2. The van der Waals surface area contributed by atoms with Crippen LogP contribution in [0.2, 0.25) is 0 Å². The number of carbonyl (C=O) groups excluding carboxylic acids is 1. The molecule has 1 fully saturated rings. The van der Waals surface area contributed by atoms with Gasteiger partial charge in [-0.3, -0.25) is 4.68 Å². The molecule has 0 radical (unpaired) electrons. The summed E-state index contributed by atoms with van der Waals surface area (Å²) < 4.78 is 12.9.